The van der Waals surface area contributed by atoms with Crippen molar-refractivity contribution >= 4 is 11.8 Å². The van der Waals surface area contributed by atoms with Crippen molar-refractivity contribution in [3.8, 4) is 11.5 Å². The van der Waals surface area contributed by atoms with Crippen LogP contribution in [0.3, 0.4) is 0 Å². The Hall–Kier alpha value is -3.14. The minimum absolute atomic E-state index is 0.155. The van der Waals surface area contributed by atoms with Crippen LogP contribution in [-0.2, 0) is 20.9 Å². The fraction of sp³-hybridized carbons (Fsp3) is 0.412. The molecule has 1 fully saturated rings. The van der Waals surface area contributed by atoms with Crippen molar-refractivity contribution in [3.63, 3.8) is 0 Å². The van der Waals surface area contributed by atoms with Crippen molar-refractivity contribution in [3.05, 3.63) is 36.0 Å². The predicted molar refractivity (Wildman–Crippen MR) is 90.9 cm³/mol. The normalized spacial score (nSPS) is 19.3. The smallest absolute Gasteiger partial charge is 0.254 e. The van der Waals surface area contributed by atoms with Crippen LogP contribution in [0.5, 0.6) is 11.5 Å². The summed E-state index contributed by atoms with van der Waals surface area (Å²) in [6, 6.07) is 4.49. The highest BCUT2D eigenvalue weighted by molar-refractivity contribution is 5.86. The molecule has 1 aromatic heterocycles. The second-order valence-electron chi connectivity index (χ2n) is 5.93. The van der Waals surface area contributed by atoms with Crippen LogP contribution < -0.4 is 14.8 Å². The van der Waals surface area contributed by atoms with Gasteiger partial charge in [-0.1, -0.05) is 11.2 Å². The lowest BCUT2D eigenvalue weighted by Gasteiger charge is -2.34. The Kier molecular flexibility index (Phi) is 5.55. The molecule has 1 saturated heterocycles. The fourth-order valence-electron chi connectivity index (χ4n) is 2.84. The third kappa shape index (κ3) is 4.00. The van der Waals surface area contributed by atoms with E-state index in [9.17, 15) is 9.59 Å². The highest BCUT2D eigenvalue weighted by atomic mass is 16.5. The molecule has 10 nitrogen and oxygen atoms in total. The molecular weight excluding hydrogens is 356 g/mol. The van der Waals surface area contributed by atoms with Gasteiger partial charge in [-0.05, 0) is 17.7 Å². The maximum Gasteiger partial charge on any atom is 0.254 e. The highest BCUT2D eigenvalue weighted by Crippen LogP contribution is 2.32. The molecule has 0 spiro atoms. The van der Waals surface area contributed by atoms with Crippen molar-refractivity contribution in [1.82, 2.24) is 20.4 Å². The van der Waals surface area contributed by atoms with Crippen LogP contribution in [0.2, 0.25) is 0 Å². The number of carbonyl (C=O) groups excluding carboxylic acids is 2. The summed E-state index contributed by atoms with van der Waals surface area (Å²) in [6.45, 7) is -0.0436. The van der Waals surface area contributed by atoms with E-state index < -0.39 is 12.1 Å². The van der Waals surface area contributed by atoms with Crippen LogP contribution in [0.15, 0.2) is 29.1 Å². The number of nitrogens with zero attached hydrogens (tertiary/aromatic N) is 3. The summed E-state index contributed by atoms with van der Waals surface area (Å²) in [7, 11) is 4.64. The van der Waals surface area contributed by atoms with Gasteiger partial charge in [0.25, 0.3) is 5.91 Å². The SMILES string of the molecule is COc1ccc([C@H]2NC(=O)CO[C@@H]2C(=O)N(C)Cc2ncon2)cc1OC. The lowest BCUT2D eigenvalue weighted by Crippen LogP contribution is -2.52. The van der Waals surface area contributed by atoms with Gasteiger partial charge >= 0.3 is 0 Å². The van der Waals surface area contributed by atoms with Gasteiger partial charge in [-0.3, -0.25) is 9.59 Å². The van der Waals surface area contributed by atoms with Gasteiger partial charge in [0, 0.05) is 7.05 Å². The first-order chi connectivity index (χ1) is 13.0. The Morgan fingerprint density at radius 1 is 1.33 bits per heavy atom. The van der Waals surface area contributed by atoms with Crippen LogP contribution in [-0.4, -0.2) is 60.8 Å². The van der Waals surface area contributed by atoms with Gasteiger partial charge < -0.3 is 29.0 Å². The monoisotopic (exact) mass is 376 g/mol. The molecule has 0 aliphatic carbocycles. The predicted octanol–water partition coefficient (Wildman–Crippen LogP) is 0.302. The Morgan fingerprint density at radius 2 is 2.11 bits per heavy atom. The van der Waals surface area contributed by atoms with Gasteiger partial charge in [0.2, 0.25) is 12.3 Å². The number of likely N-dealkylation sites (N-methyl/N-ethyl adjacent to an activating group) is 1. The number of nitrogens with one attached hydrogen (secondary N) is 1. The molecule has 0 saturated carbocycles. The lowest BCUT2D eigenvalue weighted by atomic mass is 9.98. The second-order valence-corrected chi connectivity index (χ2v) is 5.93. The van der Waals surface area contributed by atoms with Gasteiger partial charge in [0.1, 0.15) is 6.61 Å². The molecule has 0 bridgehead atoms. The number of amides is 2. The average Bonchev–Trinajstić information content (AvgIpc) is 3.19. The summed E-state index contributed by atoms with van der Waals surface area (Å²) in [6.07, 6.45) is 0.287. The first-order valence-electron chi connectivity index (χ1n) is 8.16. The molecule has 2 aromatic rings. The van der Waals surface area contributed by atoms with Crippen molar-refractivity contribution in [1.29, 1.82) is 0 Å². The molecule has 2 heterocycles. The van der Waals surface area contributed by atoms with E-state index in [1.165, 1.54) is 25.5 Å². The van der Waals surface area contributed by atoms with E-state index in [1.807, 2.05) is 0 Å². The van der Waals surface area contributed by atoms with Gasteiger partial charge in [-0.15, -0.1) is 0 Å². The maximum absolute atomic E-state index is 12.9. The Balaban J connectivity index is 1.84. The van der Waals surface area contributed by atoms with E-state index in [1.54, 1.807) is 25.2 Å². The zero-order valence-corrected chi connectivity index (χ0v) is 15.2. The number of rotatable bonds is 6. The fourth-order valence-corrected chi connectivity index (χ4v) is 2.84. The summed E-state index contributed by atoms with van der Waals surface area (Å²) < 4.78 is 20.8. The number of benzene rings is 1. The summed E-state index contributed by atoms with van der Waals surface area (Å²) in [5.74, 6) is 0.773. The van der Waals surface area contributed by atoms with Crippen molar-refractivity contribution in [2.45, 2.75) is 18.7 Å². The van der Waals surface area contributed by atoms with Crippen LogP contribution in [0.4, 0.5) is 0 Å². The molecule has 0 radical (unpaired) electrons. The third-order valence-corrected chi connectivity index (χ3v) is 4.19. The van der Waals surface area contributed by atoms with E-state index >= 15 is 0 Å². The quantitative estimate of drug-likeness (QED) is 0.765. The number of carbonyl (C=O) groups is 2. The first-order valence-corrected chi connectivity index (χ1v) is 8.16. The van der Waals surface area contributed by atoms with Gasteiger partial charge in [-0.25, -0.2) is 0 Å². The molecule has 0 unspecified atom stereocenters. The highest BCUT2D eigenvalue weighted by Gasteiger charge is 2.38. The summed E-state index contributed by atoms with van der Waals surface area (Å²) in [5.41, 5.74) is 0.659. The largest absolute Gasteiger partial charge is 0.493 e. The number of ether oxygens (including phenoxy) is 3. The molecule has 1 aliphatic rings. The zero-order chi connectivity index (χ0) is 19.4. The molecular formula is C17H20N4O6. The molecule has 1 N–H and O–H groups in total. The topological polar surface area (TPSA) is 116 Å². The Labute approximate surface area is 155 Å². The summed E-state index contributed by atoms with van der Waals surface area (Å²) in [5, 5.41) is 6.50. The standard InChI is InChI=1S/C17H20N4O6/c1-21(7-13-18-9-27-20-13)17(23)16-15(19-14(22)8-26-16)10-4-5-11(24-2)12(6-10)25-3/h4-6,9,15-16H,7-8H2,1-3H3,(H,19,22)/t15-,16+/m1/s1. The lowest BCUT2D eigenvalue weighted by molar-refractivity contribution is -0.154. The van der Waals surface area contributed by atoms with Crippen LogP contribution in [0.1, 0.15) is 17.4 Å². The van der Waals surface area contributed by atoms with Crippen molar-refractivity contribution in [2.24, 2.45) is 0 Å². The first kappa shape index (κ1) is 18.6. The maximum atomic E-state index is 12.9. The number of aromatic nitrogens is 2. The summed E-state index contributed by atoms with van der Waals surface area (Å²) >= 11 is 0. The molecule has 2 atom stereocenters. The van der Waals surface area contributed by atoms with Gasteiger partial charge in [-0.2, -0.15) is 4.98 Å². The van der Waals surface area contributed by atoms with Crippen molar-refractivity contribution in [2.75, 3.05) is 27.9 Å². The minimum atomic E-state index is -0.905. The van der Waals surface area contributed by atoms with Gasteiger partial charge in [0.05, 0.1) is 26.8 Å². The van der Waals surface area contributed by atoms with Crippen molar-refractivity contribution < 1.29 is 28.3 Å². The second kappa shape index (κ2) is 8.04. The van der Waals surface area contributed by atoms with E-state index in [4.69, 9.17) is 14.2 Å². The molecule has 10 heteroatoms. The number of hydrogen-bond donors (Lipinski definition) is 1. The molecule has 27 heavy (non-hydrogen) atoms. The summed E-state index contributed by atoms with van der Waals surface area (Å²) in [4.78, 5) is 30.1. The van der Waals surface area contributed by atoms with Crippen LogP contribution in [0.25, 0.3) is 0 Å². The van der Waals surface area contributed by atoms with E-state index in [0.717, 1.165) is 0 Å². The van der Waals surface area contributed by atoms with Gasteiger partial charge in [0.15, 0.2) is 23.4 Å². The molecule has 1 aromatic carbocycles. The minimum Gasteiger partial charge on any atom is -0.493 e. The zero-order valence-electron chi connectivity index (χ0n) is 15.2. The average molecular weight is 376 g/mol. The third-order valence-electron chi connectivity index (χ3n) is 4.19. The number of methoxy groups -OCH3 is 2. The number of morpholine rings is 1. The molecule has 2 amide bonds. The van der Waals surface area contributed by atoms with Crippen LogP contribution >= 0.6 is 0 Å². The van der Waals surface area contributed by atoms with Crippen LogP contribution in [0, 0.1) is 0 Å². The Bertz CT molecular complexity index is 810. The Morgan fingerprint density at radius 3 is 2.78 bits per heavy atom. The number of hydrogen-bond acceptors (Lipinski definition) is 8. The van der Waals surface area contributed by atoms with E-state index in [2.05, 4.69) is 20.0 Å². The molecule has 1 aliphatic heterocycles. The van der Waals surface area contributed by atoms with E-state index in [0.29, 0.717) is 22.9 Å². The molecule has 3 rings (SSSR count). The molecule has 144 valence electrons. The van der Waals surface area contributed by atoms with E-state index in [-0.39, 0.29) is 25.0 Å².